The minimum atomic E-state index is -4.44. The van der Waals surface area contributed by atoms with Crippen LogP contribution in [0.25, 0.3) is 0 Å². The first-order valence-corrected chi connectivity index (χ1v) is 7.80. The number of halogens is 3. The fraction of sp³-hybridized carbons (Fsp3) is 0.222. The molecule has 0 saturated heterocycles. The van der Waals surface area contributed by atoms with Crippen LogP contribution in [0.5, 0.6) is 5.75 Å². The fourth-order valence-electron chi connectivity index (χ4n) is 2.63. The van der Waals surface area contributed by atoms with E-state index in [-0.39, 0.29) is 18.2 Å². The maximum Gasteiger partial charge on any atom is 0.416 e. The van der Waals surface area contributed by atoms with Crippen molar-refractivity contribution < 1.29 is 27.5 Å². The van der Waals surface area contributed by atoms with Gasteiger partial charge in [-0.1, -0.05) is 12.1 Å². The van der Waals surface area contributed by atoms with Gasteiger partial charge in [0, 0.05) is 0 Å². The minimum absolute atomic E-state index is 0.133. The van der Waals surface area contributed by atoms with Gasteiger partial charge in [-0.2, -0.15) is 13.2 Å². The summed E-state index contributed by atoms with van der Waals surface area (Å²) in [6, 6.07) is 10.9. The summed E-state index contributed by atoms with van der Waals surface area (Å²) >= 11 is 0. The number of para-hydroxylation sites is 2. The molecule has 1 heterocycles. The molecule has 26 heavy (non-hydrogen) atoms. The molecule has 1 aliphatic rings. The third kappa shape index (κ3) is 3.63. The number of ether oxygens (including phenoxy) is 1. The van der Waals surface area contributed by atoms with E-state index in [1.807, 2.05) is 0 Å². The number of alkyl halides is 3. The van der Waals surface area contributed by atoms with Gasteiger partial charge in [-0.3, -0.25) is 14.5 Å². The summed E-state index contributed by atoms with van der Waals surface area (Å²) in [4.78, 5) is 25.8. The van der Waals surface area contributed by atoms with Gasteiger partial charge in [0.25, 0.3) is 5.91 Å². The van der Waals surface area contributed by atoms with Crippen molar-refractivity contribution in [3.05, 3.63) is 54.1 Å². The Kier molecular flexibility index (Phi) is 4.58. The lowest BCUT2D eigenvalue weighted by molar-refractivity contribution is -0.137. The van der Waals surface area contributed by atoms with Crippen LogP contribution >= 0.6 is 0 Å². The molecule has 0 radical (unpaired) electrons. The van der Waals surface area contributed by atoms with Gasteiger partial charge in [0.05, 0.1) is 16.9 Å². The highest BCUT2D eigenvalue weighted by Gasteiger charge is 2.32. The van der Waals surface area contributed by atoms with Crippen molar-refractivity contribution in [1.29, 1.82) is 0 Å². The Morgan fingerprint density at radius 1 is 1.15 bits per heavy atom. The Morgan fingerprint density at radius 3 is 2.46 bits per heavy atom. The van der Waals surface area contributed by atoms with Crippen LogP contribution in [0.1, 0.15) is 12.5 Å². The van der Waals surface area contributed by atoms with Crippen molar-refractivity contribution in [3.63, 3.8) is 0 Å². The molecule has 1 N–H and O–H groups in total. The third-order valence-corrected chi connectivity index (χ3v) is 3.88. The van der Waals surface area contributed by atoms with Crippen molar-refractivity contribution in [2.24, 2.45) is 0 Å². The summed E-state index contributed by atoms with van der Waals surface area (Å²) in [6.07, 6.45) is -5.42. The number of carbonyl (C=O) groups excluding carboxylic acids is 2. The molecular formula is C18H15F3N2O3. The minimum Gasteiger partial charge on any atom is -0.481 e. The zero-order valence-corrected chi connectivity index (χ0v) is 13.7. The number of hydrogen-bond donors (Lipinski definition) is 1. The normalized spacial score (nSPS) is 15.1. The Bertz CT molecular complexity index is 834. The molecule has 1 atom stereocenters. The molecule has 0 saturated carbocycles. The topological polar surface area (TPSA) is 58.6 Å². The van der Waals surface area contributed by atoms with E-state index in [4.69, 9.17) is 4.74 Å². The molecule has 136 valence electrons. The van der Waals surface area contributed by atoms with Gasteiger partial charge < -0.3 is 10.1 Å². The van der Waals surface area contributed by atoms with Crippen molar-refractivity contribution in [3.8, 4) is 5.75 Å². The highest BCUT2D eigenvalue weighted by molar-refractivity contribution is 6.10. The summed E-state index contributed by atoms with van der Waals surface area (Å²) in [5.74, 6) is -0.667. The Morgan fingerprint density at radius 2 is 1.81 bits per heavy atom. The number of anilines is 2. The smallest absolute Gasteiger partial charge is 0.416 e. The van der Waals surface area contributed by atoms with Crippen molar-refractivity contribution in [1.82, 2.24) is 0 Å². The van der Waals surface area contributed by atoms with E-state index in [1.165, 1.54) is 11.8 Å². The molecule has 3 rings (SSSR count). The van der Waals surface area contributed by atoms with Gasteiger partial charge in [-0.25, -0.2) is 0 Å². The van der Waals surface area contributed by atoms with Gasteiger partial charge in [-0.05, 0) is 43.3 Å². The van der Waals surface area contributed by atoms with E-state index in [9.17, 15) is 22.8 Å². The zero-order valence-electron chi connectivity index (χ0n) is 13.7. The molecule has 0 aliphatic carbocycles. The first-order valence-electron chi connectivity index (χ1n) is 7.80. The van der Waals surface area contributed by atoms with Crippen LogP contribution in [0.4, 0.5) is 24.5 Å². The second-order valence-electron chi connectivity index (χ2n) is 5.77. The molecular weight excluding hydrogens is 349 g/mol. The molecule has 2 aromatic carbocycles. The third-order valence-electron chi connectivity index (χ3n) is 3.88. The van der Waals surface area contributed by atoms with Gasteiger partial charge >= 0.3 is 6.18 Å². The molecule has 5 nitrogen and oxygen atoms in total. The predicted octanol–water partition coefficient (Wildman–Crippen LogP) is 3.46. The first kappa shape index (κ1) is 17.8. The van der Waals surface area contributed by atoms with Crippen LogP contribution in [0, 0.1) is 0 Å². The van der Waals surface area contributed by atoms with E-state index < -0.39 is 23.8 Å². The fourth-order valence-corrected chi connectivity index (χ4v) is 2.63. The summed E-state index contributed by atoms with van der Waals surface area (Å²) in [5.41, 5.74) is 0.254. The molecule has 2 aromatic rings. The highest BCUT2D eigenvalue weighted by Crippen LogP contribution is 2.31. The number of rotatable bonds is 3. The molecule has 0 spiro atoms. The lowest BCUT2D eigenvalue weighted by Crippen LogP contribution is -2.47. The Hall–Kier alpha value is -3.03. The zero-order chi connectivity index (χ0) is 18.9. The number of amides is 2. The van der Waals surface area contributed by atoms with Gasteiger partial charge in [-0.15, -0.1) is 0 Å². The molecule has 8 heteroatoms. The number of nitrogens with one attached hydrogen (secondary N) is 1. The second-order valence-corrected chi connectivity index (χ2v) is 5.77. The van der Waals surface area contributed by atoms with E-state index in [0.29, 0.717) is 11.4 Å². The number of carbonyl (C=O) groups is 2. The van der Waals surface area contributed by atoms with Crippen LogP contribution in [0.15, 0.2) is 48.5 Å². The number of benzene rings is 2. The second kappa shape index (κ2) is 6.70. The average molecular weight is 364 g/mol. The standard InChI is InChI=1S/C18H15F3N2O3/c1-11(26-13-8-6-12(7-9-13)18(19,20)21)17(25)23-10-16(24)22-14-4-2-3-5-15(14)23/h2-9,11H,10H2,1H3,(H,22,24)/t11-/m0/s1. The first-order chi connectivity index (χ1) is 12.3. The average Bonchev–Trinajstić information content (AvgIpc) is 2.60. The molecule has 0 bridgehead atoms. The highest BCUT2D eigenvalue weighted by atomic mass is 19.4. The lowest BCUT2D eigenvalue weighted by Gasteiger charge is -2.31. The van der Waals surface area contributed by atoms with E-state index >= 15 is 0 Å². The monoisotopic (exact) mass is 364 g/mol. The number of hydrogen-bond acceptors (Lipinski definition) is 3. The van der Waals surface area contributed by atoms with Crippen LogP contribution in [0.3, 0.4) is 0 Å². The Balaban J connectivity index is 1.75. The van der Waals surface area contributed by atoms with E-state index in [1.54, 1.807) is 24.3 Å². The van der Waals surface area contributed by atoms with Gasteiger partial charge in [0.2, 0.25) is 5.91 Å². The lowest BCUT2D eigenvalue weighted by atomic mass is 10.1. The van der Waals surface area contributed by atoms with Crippen LogP contribution in [-0.4, -0.2) is 24.5 Å². The van der Waals surface area contributed by atoms with E-state index in [0.717, 1.165) is 24.3 Å². The molecule has 0 aromatic heterocycles. The summed E-state index contributed by atoms with van der Waals surface area (Å²) in [7, 11) is 0. The van der Waals surface area contributed by atoms with Crippen LogP contribution in [0.2, 0.25) is 0 Å². The number of nitrogens with zero attached hydrogens (tertiary/aromatic N) is 1. The van der Waals surface area contributed by atoms with Gasteiger partial charge in [0.1, 0.15) is 12.3 Å². The number of fused-ring (bicyclic) bond motifs is 1. The summed E-state index contributed by atoms with van der Waals surface area (Å²) in [5, 5.41) is 2.67. The largest absolute Gasteiger partial charge is 0.481 e. The quantitative estimate of drug-likeness (QED) is 0.908. The molecule has 0 unspecified atom stereocenters. The predicted molar refractivity (Wildman–Crippen MR) is 89.0 cm³/mol. The SMILES string of the molecule is C[C@H](Oc1ccc(C(F)(F)F)cc1)C(=O)N1CC(=O)Nc2ccccc21. The summed E-state index contributed by atoms with van der Waals surface area (Å²) < 4.78 is 43.2. The van der Waals surface area contributed by atoms with Crippen molar-refractivity contribution in [2.45, 2.75) is 19.2 Å². The van der Waals surface area contributed by atoms with Crippen LogP contribution < -0.4 is 15.0 Å². The maximum atomic E-state index is 12.7. The van der Waals surface area contributed by atoms with Gasteiger partial charge in [0.15, 0.2) is 6.10 Å². The molecule has 1 aliphatic heterocycles. The Labute approximate surface area is 147 Å². The van der Waals surface area contributed by atoms with E-state index in [2.05, 4.69) is 5.32 Å². The van der Waals surface area contributed by atoms with Crippen molar-refractivity contribution in [2.75, 3.05) is 16.8 Å². The summed E-state index contributed by atoms with van der Waals surface area (Å²) in [6.45, 7) is 1.33. The van der Waals surface area contributed by atoms with Crippen LogP contribution in [-0.2, 0) is 15.8 Å². The molecule has 2 amide bonds. The van der Waals surface area contributed by atoms with Crippen molar-refractivity contribution >= 4 is 23.2 Å². The maximum absolute atomic E-state index is 12.7. The molecule has 0 fully saturated rings.